The van der Waals surface area contributed by atoms with Crippen molar-refractivity contribution in [1.82, 2.24) is 20.1 Å². The molecule has 0 aliphatic heterocycles. The van der Waals surface area contributed by atoms with Crippen LogP contribution in [0, 0.1) is 6.92 Å². The number of carbonyl (C=O) groups excluding carboxylic acids is 1. The van der Waals surface area contributed by atoms with Gasteiger partial charge in [-0.25, -0.2) is 4.98 Å². The van der Waals surface area contributed by atoms with Gasteiger partial charge in [0, 0.05) is 37.7 Å². The predicted octanol–water partition coefficient (Wildman–Crippen LogP) is 3.64. The fourth-order valence-electron chi connectivity index (χ4n) is 2.58. The molecule has 0 atom stereocenters. The maximum Gasteiger partial charge on any atom is 0.220 e. The molecule has 0 unspecified atom stereocenters. The van der Waals surface area contributed by atoms with E-state index in [1.807, 2.05) is 42.2 Å². The Morgan fingerprint density at radius 3 is 2.92 bits per heavy atom. The molecule has 3 aromatic rings. The summed E-state index contributed by atoms with van der Waals surface area (Å²) >= 11 is 6.15. The number of benzene rings is 1. The lowest BCUT2D eigenvalue weighted by Crippen LogP contribution is -2.25. The number of rotatable bonds is 8. The monoisotopic (exact) mass is 372 g/mol. The van der Waals surface area contributed by atoms with E-state index in [2.05, 4.69) is 15.4 Å². The van der Waals surface area contributed by atoms with Gasteiger partial charge in [-0.15, -0.1) is 0 Å². The molecule has 2 heterocycles. The van der Waals surface area contributed by atoms with Crippen molar-refractivity contribution in [1.29, 1.82) is 0 Å². The summed E-state index contributed by atoms with van der Waals surface area (Å²) in [6.07, 6.45) is 7.08. The number of oxazole rings is 1. The summed E-state index contributed by atoms with van der Waals surface area (Å²) in [5.41, 5.74) is 1.93. The molecule has 7 heteroatoms. The van der Waals surface area contributed by atoms with Crippen LogP contribution in [0.3, 0.4) is 0 Å². The third kappa shape index (κ3) is 4.95. The number of halogens is 1. The van der Waals surface area contributed by atoms with Gasteiger partial charge in [0.1, 0.15) is 0 Å². The van der Waals surface area contributed by atoms with Crippen LogP contribution in [-0.4, -0.2) is 27.2 Å². The Labute approximate surface area is 157 Å². The lowest BCUT2D eigenvalue weighted by atomic mass is 10.2. The zero-order valence-electron chi connectivity index (χ0n) is 14.6. The summed E-state index contributed by atoms with van der Waals surface area (Å²) in [6, 6.07) is 7.43. The average molecular weight is 373 g/mol. The smallest absolute Gasteiger partial charge is 0.220 e. The van der Waals surface area contributed by atoms with Gasteiger partial charge >= 0.3 is 0 Å². The van der Waals surface area contributed by atoms with Gasteiger partial charge in [-0.1, -0.05) is 23.7 Å². The zero-order valence-corrected chi connectivity index (χ0v) is 15.4. The van der Waals surface area contributed by atoms with E-state index in [1.165, 1.54) is 0 Å². The lowest BCUT2D eigenvalue weighted by Gasteiger charge is -2.04. The highest BCUT2D eigenvalue weighted by Gasteiger charge is 2.11. The Kier molecular flexibility index (Phi) is 6.07. The lowest BCUT2D eigenvalue weighted by molar-refractivity contribution is -0.121. The highest BCUT2D eigenvalue weighted by Crippen LogP contribution is 2.28. The van der Waals surface area contributed by atoms with Crippen LogP contribution in [0.5, 0.6) is 0 Å². The van der Waals surface area contributed by atoms with Crippen molar-refractivity contribution in [3.8, 4) is 11.3 Å². The normalized spacial score (nSPS) is 10.8. The van der Waals surface area contributed by atoms with Gasteiger partial charge in [0.25, 0.3) is 0 Å². The number of hydrogen-bond acceptors (Lipinski definition) is 4. The molecule has 0 bridgehead atoms. The Bertz CT molecular complexity index is 872. The van der Waals surface area contributed by atoms with E-state index in [1.54, 1.807) is 12.3 Å². The van der Waals surface area contributed by atoms with Gasteiger partial charge < -0.3 is 9.73 Å². The largest absolute Gasteiger partial charge is 0.441 e. The number of nitrogens with zero attached hydrogens (tertiary/aromatic N) is 3. The first-order valence-corrected chi connectivity index (χ1v) is 8.95. The van der Waals surface area contributed by atoms with Crippen LogP contribution in [0.4, 0.5) is 0 Å². The van der Waals surface area contributed by atoms with E-state index in [0.29, 0.717) is 36.1 Å². The SMILES string of the molecule is Cc1cnn(CCCNC(=O)CCc2ncc(-c3ccccc3Cl)o2)c1. The molecule has 136 valence electrons. The van der Waals surface area contributed by atoms with Gasteiger partial charge in [-0.05, 0) is 31.0 Å². The predicted molar refractivity (Wildman–Crippen MR) is 99.9 cm³/mol. The summed E-state index contributed by atoms with van der Waals surface area (Å²) in [7, 11) is 0. The molecule has 6 nitrogen and oxygen atoms in total. The highest BCUT2D eigenvalue weighted by atomic mass is 35.5. The molecule has 0 fully saturated rings. The third-order valence-corrected chi connectivity index (χ3v) is 4.24. The molecule has 1 amide bonds. The summed E-state index contributed by atoms with van der Waals surface area (Å²) in [5, 5.41) is 7.73. The van der Waals surface area contributed by atoms with Crippen LogP contribution in [0.15, 0.2) is 47.3 Å². The molecule has 0 aliphatic rings. The highest BCUT2D eigenvalue weighted by molar-refractivity contribution is 6.33. The van der Waals surface area contributed by atoms with Gasteiger partial charge in [0.05, 0.1) is 17.4 Å². The first kappa shape index (κ1) is 18.2. The molecule has 0 saturated carbocycles. The van der Waals surface area contributed by atoms with Gasteiger partial charge in [0.2, 0.25) is 5.91 Å². The van der Waals surface area contributed by atoms with E-state index in [-0.39, 0.29) is 5.91 Å². The minimum absolute atomic E-state index is 0.0147. The molecule has 1 N–H and O–H groups in total. The fraction of sp³-hybridized carbons (Fsp3) is 0.316. The maximum absolute atomic E-state index is 11.9. The van der Waals surface area contributed by atoms with Crippen molar-refractivity contribution in [3.05, 3.63) is 59.3 Å². The molecule has 0 saturated heterocycles. The molecular weight excluding hydrogens is 352 g/mol. The van der Waals surface area contributed by atoms with Crippen molar-refractivity contribution in [2.75, 3.05) is 6.54 Å². The number of aromatic nitrogens is 3. The van der Waals surface area contributed by atoms with E-state index in [9.17, 15) is 4.79 Å². The van der Waals surface area contributed by atoms with Crippen molar-refractivity contribution < 1.29 is 9.21 Å². The van der Waals surface area contributed by atoms with Crippen molar-refractivity contribution in [2.45, 2.75) is 32.7 Å². The van der Waals surface area contributed by atoms with Crippen LogP contribution in [0.25, 0.3) is 11.3 Å². The molecular formula is C19H21ClN4O2. The molecule has 0 spiro atoms. The van der Waals surface area contributed by atoms with Crippen LogP contribution >= 0.6 is 11.6 Å². The van der Waals surface area contributed by atoms with E-state index < -0.39 is 0 Å². The standard InChI is InChI=1S/C19H21ClN4O2/c1-14-11-23-24(13-14)10-4-9-21-18(25)7-8-19-22-12-17(26-19)15-5-2-3-6-16(15)20/h2-3,5-6,11-13H,4,7-10H2,1H3,(H,21,25). The molecule has 0 aliphatic carbocycles. The Morgan fingerprint density at radius 2 is 2.15 bits per heavy atom. The van der Waals surface area contributed by atoms with Crippen LogP contribution in [0.2, 0.25) is 5.02 Å². The average Bonchev–Trinajstić information content (AvgIpc) is 3.26. The zero-order chi connectivity index (χ0) is 18.4. The Hall–Kier alpha value is -2.60. The molecule has 1 aromatic carbocycles. The molecule has 0 radical (unpaired) electrons. The second kappa shape index (κ2) is 8.67. The second-order valence-electron chi connectivity index (χ2n) is 6.08. The quantitative estimate of drug-likeness (QED) is 0.613. The fourth-order valence-corrected chi connectivity index (χ4v) is 2.81. The third-order valence-electron chi connectivity index (χ3n) is 3.91. The molecule has 26 heavy (non-hydrogen) atoms. The number of carbonyl (C=O) groups is 1. The van der Waals surface area contributed by atoms with Gasteiger partial charge in [-0.2, -0.15) is 5.10 Å². The van der Waals surface area contributed by atoms with Crippen LogP contribution < -0.4 is 5.32 Å². The summed E-state index contributed by atoms with van der Waals surface area (Å²) in [6.45, 7) is 3.41. The van der Waals surface area contributed by atoms with E-state index >= 15 is 0 Å². The minimum Gasteiger partial charge on any atom is -0.441 e. The Balaban J connectivity index is 1.40. The minimum atomic E-state index is -0.0147. The number of nitrogens with one attached hydrogen (secondary N) is 1. The van der Waals surface area contributed by atoms with Crippen molar-refractivity contribution >= 4 is 17.5 Å². The summed E-state index contributed by atoms with van der Waals surface area (Å²) < 4.78 is 7.58. The molecule has 2 aromatic heterocycles. The van der Waals surface area contributed by atoms with Crippen LogP contribution in [-0.2, 0) is 17.8 Å². The van der Waals surface area contributed by atoms with E-state index in [4.69, 9.17) is 16.0 Å². The first-order valence-electron chi connectivity index (χ1n) is 8.57. The van der Waals surface area contributed by atoms with Crippen LogP contribution in [0.1, 0.15) is 24.3 Å². The number of aryl methyl sites for hydroxylation is 3. The van der Waals surface area contributed by atoms with Crippen molar-refractivity contribution in [2.24, 2.45) is 0 Å². The first-order chi connectivity index (χ1) is 12.6. The van der Waals surface area contributed by atoms with E-state index in [0.717, 1.165) is 24.1 Å². The Morgan fingerprint density at radius 1 is 1.31 bits per heavy atom. The maximum atomic E-state index is 11.9. The second-order valence-corrected chi connectivity index (χ2v) is 6.49. The summed E-state index contributed by atoms with van der Waals surface area (Å²) in [4.78, 5) is 16.2. The molecule has 3 rings (SSSR count). The van der Waals surface area contributed by atoms with Crippen molar-refractivity contribution in [3.63, 3.8) is 0 Å². The van der Waals surface area contributed by atoms with Gasteiger partial charge in [-0.3, -0.25) is 9.48 Å². The number of hydrogen-bond donors (Lipinski definition) is 1. The summed E-state index contributed by atoms with van der Waals surface area (Å²) in [5.74, 6) is 1.13. The van der Waals surface area contributed by atoms with Gasteiger partial charge in [0.15, 0.2) is 11.7 Å². The number of amides is 1. The topological polar surface area (TPSA) is 73.0 Å².